The highest BCUT2D eigenvalue weighted by atomic mass is 79.9. The Kier molecular flexibility index (Phi) is 5.75. The van der Waals surface area contributed by atoms with Crippen LogP contribution in [0.1, 0.15) is 44.9 Å². The molecule has 2 rings (SSSR count). The van der Waals surface area contributed by atoms with Gasteiger partial charge in [0, 0.05) is 12.5 Å². The molecule has 0 amide bonds. The number of nitrogens with zero attached hydrogens (tertiary/aromatic N) is 1. The maximum absolute atomic E-state index is 8.95. The van der Waals surface area contributed by atoms with Crippen molar-refractivity contribution in [3.8, 4) is 0 Å². The van der Waals surface area contributed by atoms with E-state index in [9.17, 15) is 0 Å². The summed E-state index contributed by atoms with van der Waals surface area (Å²) in [6.07, 6.45) is 9.40. The van der Waals surface area contributed by atoms with Gasteiger partial charge in [-0.25, -0.2) is 0 Å². The molecule has 2 fully saturated rings. The molecule has 2 aliphatic rings. The molecule has 0 aromatic carbocycles. The van der Waals surface area contributed by atoms with E-state index in [2.05, 4.69) is 7.05 Å². The first-order valence-corrected chi connectivity index (χ1v) is 6.71. The Morgan fingerprint density at radius 1 is 1.12 bits per heavy atom. The van der Waals surface area contributed by atoms with E-state index >= 15 is 0 Å². The third-order valence-corrected chi connectivity index (χ3v) is 4.74. The van der Waals surface area contributed by atoms with Crippen LogP contribution in [0.3, 0.4) is 0 Å². The molecule has 3 heteroatoms. The van der Waals surface area contributed by atoms with Crippen molar-refractivity contribution in [1.29, 1.82) is 0 Å². The number of aliphatic hydroxyl groups excluding tert-OH is 1. The van der Waals surface area contributed by atoms with Crippen LogP contribution in [0.5, 0.6) is 0 Å². The summed E-state index contributed by atoms with van der Waals surface area (Å²) in [4.78, 5) is 0. The average Bonchev–Trinajstić information content (AvgIpc) is 2.25. The van der Waals surface area contributed by atoms with Gasteiger partial charge in [0.1, 0.15) is 0 Å². The highest BCUT2D eigenvalue weighted by Gasteiger charge is 2.42. The van der Waals surface area contributed by atoms with Crippen molar-refractivity contribution in [3.63, 3.8) is 0 Å². The lowest BCUT2D eigenvalue weighted by molar-refractivity contribution is -0.947. The molecule has 0 spiro atoms. The van der Waals surface area contributed by atoms with E-state index in [1.54, 1.807) is 0 Å². The highest BCUT2D eigenvalue weighted by molar-refractivity contribution is 4.78. The van der Waals surface area contributed by atoms with Gasteiger partial charge in [-0.15, -0.1) is 0 Å². The van der Waals surface area contributed by atoms with Crippen molar-refractivity contribution in [2.75, 3.05) is 26.7 Å². The lowest BCUT2D eigenvalue weighted by atomic mass is 9.79. The quantitative estimate of drug-likeness (QED) is 0.674. The molecule has 0 aromatic heterocycles. The molecule has 0 aliphatic carbocycles. The van der Waals surface area contributed by atoms with Gasteiger partial charge in [-0.1, -0.05) is 0 Å². The molecule has 96 valence electrons. The molecule has 2 saturated heterocycles. The second-order valence-corrected chi connectivity index (χ2v) is 5.76. The molecule has 2 nitrogen and oxygen atoms in total. The minimum atomic E-state index is 0. The maximum Gasteiger partial charge on any atom is 0.0916 e. The van der Waals surface area contributed by atoms with E-state index in [-0.39, 0.29) is 17.0 Å². The molecule has 0 saturated carbocycles. The second kappa shape index (κ2) is 6.36. The Labute approximate surface area is 110 Å². The SMILES string of the molecule is C[N+]12CCCCC1[C@@H](CCCO)CCC2.[Br-]. The number of aliphatic hydroxyl groups is 1. The predicted octanol–water partition coefficient (Wildman–Crippen LogP) is -0.828. The van der Waals surface area contributed by atoms with Crippen LogP contribution in [-0.2, 0) is 0 Å². The smallest absolute Gasteiger partial charge is 0.0916 e. The molecule has 2 heterocycles. The summed E-state index contributed by atoms with van der Waals surface area (Å²) in [5, 5.41) is 8.95. The van der Waals surface area contributed by atoms with Gasteiger partial charge in [0.25, 0.3) is 0 Å². The van der Waals surface area contributed by atoms with Gasteiger partial charge in [-0.2, -0.15) is 0 Å². The standard InChI is InChI=1S/C13H26NO.BrH/c1-14-9-3-2-8-13(14)12(6-4-10-14)7-5-11-15;/h12-13,15H,2-11H2,1H3;1H/q+1;/p-1/t12-,13?,14?;/m1./s1. The Morgan fingerprint density at radius 3 is 2.62 bits per heavy atom. The molecule has 0 radical (unpaired) electrons. The zero-order valence-corrected chi connectivity index (χ0v) is 12.1. The maximum atomic E-state index is 8.95. The minimum absolute atomic E-state index is 0. The van der Waals surface area contributed by atoms with E-state index in [1.807, 2.05) is 0 Å². The van der Waals surface area contributed by atoms with Crippen molar-refractivity contribution in [1.82, 2.24) is 0 Å². The van der Waals surface area contributed by atoms with E-state index in [0.29, 0.717) is 6.61 Å². The number of hydrogen-bond acceptors (Lipinski definition) is 1. The highest BCUT2D eigenvalue weighted by Crippen LogP contribution is 2.37. The monoisotopic (exact) mass is 291 g/mol. The predicted molar refractivity (Wildman–Crippen MR) is 62.6 cm³/mol. The summed E-state index contributed by atoms with van der Waals surface area (Å²) in [6, 6.07) is 0.916. The van der Waals surface area contributed by atoms with Gasteiger partial charge in [-0.3, -0.25) is 0 Å². The van der Waals surface area contributed by atoms with Crippen LogP contribution >= 0.6 is 0 Å². The largest absolute Gasteiger partial charge is 1.00 e. The number of rotatable bonds is 3. The van der Waals surface area contributed by atoms with Crippen LogP contribution in [0.2, 0.25) is 0 Å². The fraction of sp³-hybridized carbons (Fsp3) is 1.00. The van der Waals surface area contributed by atoms with Crippen molar-refractivity contribution >= 4 is 0 Å². The minimum Gasteiger partial charge on any atom is -1.00 e. The number of quaternary nitrogens is 1. The van der Waals surface area contributed by atoms with Gasteiger partial charge in [0.15, 0.2) is 0 Å². The summed E-state index contributed by atoms with van der Waals surface area (Å²) >= 11 is 0. The first-order valence-electron chi connectivity index (χ1n) is 6.71. The van der Waals surface area contributed by atoms with Crippen LogP contribution in [0, 0.1) is 5.92 Å². The summed E-state index contributed by atoms with van der Waals surface area (Å²) in [5.41, 5.74) is 0. The van der Waals surface area contributed by atoms with Gasteiger partial charge in [0.2, 0.25) is 0 Å². The number of halogens is 1. The number of piperidine rings is 2. The average molecular weight is 292 g/mol. The van der Waals surface area contributed by atoms with Crippen molar-refractivity contribution in [2.45, 2.75) is 51.0 Å². The fourth-order valence-electron chi connectivity index (χ4n) is 3.92. The molecule has 1 N–H and O–H groups in total. The first kappa shape index (κ1) is 14.5. The van der Waals surface area contributed by atoms with Crippen LogP contribution < -0.4 is 17.0 Å². The van der Waals surface area contributed by atoms with E-state index in [0.717, 1.165) is 18.4 Å². The summed E-state index contributed by atoms with van der Waals surface area (Å²) in [7, 11) is 2.47. The molecule has 2 aliphatic heterocycles. The first-order chi connectivity index (χ1) is 7.26. The van der Waals surface area contributed by atoms with Crippen LogP contribution in [0.15, 0.2) is 0 Å². The van der Waals surface area contributed by atoms with E-state index < -0.39 is 0 Å². The van der Waals surface area contributed by atoms with E-state index in [1.165, 1.54) is 56.1 Å². The number of fused-ring (bicyclic) bond motifs is 1. The Balaban J connectivity index is 0.00000128. The third-order valence-electron chi connectivity index (χ3n) is 4.74. The van der Waals surface area contributed by atoms with Gasteiger partial charge < -0.3 is 26.6 Å². The zero-order chi connectivity index (χ0) is 10.7. The fourth-order valence-corrected chi connectivity index (χ4v) is 3.92. The van der Waals surface area contributed by atoms with Crippen molar-refractivity contribution < 1.29 is 26.6 Å². The van der Waals surface area contributed by atoms with Crippen LogP contribution in [-0.4, -0.2) is 42.4 Å². The summed E-state index contributed by atoms with van der Waals surface area (Å²) in [6.45, 7) is 3.19. The lowest BCUT2D eigenvalue weighted by Gasteiger charge is -2.51. The number of hydrogen-bond donors (Lipinski definition) is 1. The van der Waals surface area contributed by atoms with Gasteiger partial charge in [-0.05, 0) is 44.9 Å². The molecule has 0 bridgehead atoms. The van der Waals surface area contributed by atoms with Gasteiger partial charge >= 0.3 is 0 Å². The van der Waals surface area contributed by atoms with Gasteiger partial charge in [0.05, 0.1) is 26.2 Å². The van der Waals surface area contributed by atoms with Crippen molar-refractivity contribution in [2.24, 2.45) is 5.92 Å². The molecular formula is C13H26BrNO. The van der Waals surface area contributed by atoms with Crippen LogP contribution in [0.25, 0.3) is 0 Å². The molecule has 2 unspecified atom stereocenters. The van der Waals surface area contributed by atoms with Crippen molar-refractivity contribution in [3.05, 3.63) is 0 Å². The molecular weight excluding hydrogens is 266 g/mol. The lowest BCUT2D eigenvalue weighted by Crippen LogP contribution is -3.00. The normalized spacial score (nSPS) is 38.6. The topological polar surface area (TPSA) is 20.2 Å². The second-order valence-electron chi connectivity index (χ2n) is 5.76. The molecule has 0 aromatic rings. The van der Waals surface area contributed by atoms with Crippen LogP contribution in [0.4, 0.5) is 0 Å². The Bertz CT molecular complexity index is 208. The Hall–Kier alpha value is 0.400. The molecule has 16 heavy (non-hydrogen) atoms. The zero-order valence-electron chi connectivity index (χ0n) is 10.5. The third kappa shape index (κ3) is 2.99. The molecule has 3 atom stereocenters. The Morgan fingerprint density at radius 2 is 1.88 bits per heavy atom. The van der Waals surface area contributed by atoms with E-state index in [4.69, 9.17) is 5.11 Å². The summed E-state index contributed by atoms with van der Waals surface area (Å²) < 4.78 is 1.34. The summed E-state index contributed by atoms with van der Waals surface area (Å²) in [5.74, 6) is 0.899.